The number of hydrogen-bond donors (Lipinski definition) is 0. The lowest BCUT2D eigenvalue weighted by molar-refractivity contribution is -0.166. The minimum absolute atomic E-state index is 0.0386. The zero-order valence-corrected chi connectivity index (χ0v) is 24.5. The number of carbonyl (C=O) groups is 4. The van der Waals surface area contributed by atoms with Gasteiger partial charge in [-0.2, -0.15) is 0 Å². The molecule has 3 saturated carbocycles. The van der Waals surface area contributed by atoms with E-state index in [1.807, 2.05) is 6.92 Å². The highest BCUT2D eigenvalue weighted by Gasteiger charge is 2.81. The van der Waals surface area contributed by atoms with Crippen LogP contribution in [0, 0.1) is 40.4 Å². The first-order valence-corrected chi connectivity index (χ1v) is 14.9. The van der Waals surface area contributed by atoms with E-state index in [1.54, 1.807) is 12.2 Å². The molecule has 8 heteroatoms. The molecular formula is C32H42O8. The van der Waals surface area contributed by atoms with Crippen LogP contribution in [0.25, 0.3) is 0 Å². The van der Waals surface area contributed by atoms with Gasteiger partial charge in [-0.05, 0) is 93.1 Å². The molecule has 0 bridgehead atoms. The predicted molar refractivity (Wildman–Crippen MR) is 144 cm³/mol. The molecule has 1 unspecified atom stereocenters. The van der Waals surface area contributed by atoms with Crippen LogP contribution < -0.4 is 0 Å². The lowest BCUT2D eigenvalue weighted by atomic mass is 9.44. The van der Waals surface area contributed by atoms with Gasteiger partial charge in [-0.1, -0.05) is 19.4 Å². The third kappa shape index (κ3) is 3.73. The molecular weight excluding hydrogens is 512 g/mol. The second-order valence-electron chi connectivity index (χ2n) is 13.7. The van der Waals surface area contributed by atoms with Crippen molar-refractivity contribution < 1.29 is 38.1 Å². The van der Waals surface area contributed by atoms with Gasteiger partial charge >= 0.3 is 17.9 Å². The quantitative estimate of drug-likeness (QED) is 0.278. The van der Waals surface area contributed by atoms with Gasteiger partial charge in [-0.25, -0.2) is 4.79 Å². The van der Waals surface area contributed by atoms with Gasteiger partial charge in [0.25, 0.3) is 0 Å². The van der Waals surface area contributed by atoms with Crippen LogP contribution >= 0.6 is 0 Å². The van der Waals surface area contributed by atoms with Crippen LogP contribution in [0.3, 0.4) is 0 Å². The van der Waals surface area contributed by atoms with Crippen molar-refractivity contribution in [2.45, 2.75) is 104 Å². The lowest BCUT2D eigenvalue weighted by Gasteiger charge is -2.58. The van der Waals surface area contributed by atoms with E-state index >= 15 is 0 Å². The van der Waals surface area contributed by atoms with Crippen LogP contribution in [-0.2, 0) is 38.1 Å². The molecule has 6 rings (SSSR count). The number of carbonyl (C=O) groups excluding carboxylic acids is 4. The summed E-state index contributed by atoms with van der Waals surface area (Å²) < 4.78 is 23.2. The first-order chi connectivity index (χ1) is 18.8. The third-order valence-electron chi connectivity index (χ3n) is 12.1. The van der Waals surface area contributed by atoms with Gasteiger partial charge < -0.3 is 18.9 Å². The summed E-state index contributed by atoms with van der Waals surface area (Å²) in [6, 6.07) is 0. The summed E-state index contributed by atoms with van der Waals surface area (Å²) in [5.74, 6) is 0.531. The normalized spacial score (nSPS) is 45.9. The Hall–Kier alpha value is -2.48. The summed E-state index contributed by atoms with van der Waals surface area (Å²) >= 11 is 0. The van der Waals surface area contributed by atoms with Crippen molar-refractivity contribution >= 4 is 23.7 Å². The number of esters is 3. The van der Waals surface area contributed by atoms with Gasteiger partial charge in [0, 0.05) is 20.3 Å². The Labute approximate surface area is 236 Å². The number of ketones is 1. The molecule has 1 saturated heterocycles. The zero-order chi connectivity index (χ0) is 28.8. The number of epoxide rings is 1. The van der Waals surface area contributed by atoms with Crippen molar-refractivity contribution in [3.63, 3.8) is 0 Å². The van der Waals surface area contributed by atoms with Crippen LogP contribution in [0.15, 0.2) is 23.3 Å². The van der Waals surface area contributed by atoms with Gasteiger partial charge in [0.2, 0.25) is 0 Å². The SMILES string of the molecule is CC(=O)OCC1=C(C)C[C@H]([C@@H](C)[C@H]2CC[C@H]3[C@@H]4C[C@H]5O[C@]56C(OC(C)=O)C=CC(=O)[C@]6(C)[C@H]4CC[C@]23C)OC1=O. The maximum atomic E-state index is 13.6. The van der Waals surface area contributed by atoms with Crippen LogP contribution in [0.1, 0.15) is 80.1 Å². The second kappa shape index (κ2) is 9.27. The van der Waals surface area contributed by atoms with E-state index in [0.29, 0.717) is 29.7 Å². The fourth-order valence-corrected chi connectivity index (χ4v) is 10.1. The van der Waals surface area contributed by atoms with Crippen LogP contribution in [0.2, 0.25) is 0 Å². The summed E-state index contributed by atoms with van der Waals surface area (Å²) in [6.45, 7) is 11.4. The molecule has 2 heterocycles. The Balaban J connectivity index is 1.22. The molecule has 0 aromatic rings. The van der Waals surface area contributed by atoms with E-state index < -0.39 is 23.1 Å². The molecule has 4 fully saturated rings. The fraction of sp³-hybridized carbons (Fsp3) is 0.750. The van der Waals surface area contributed by atoms with E-state index in [0.717, 1.165) is 37.7 Å². The summed E-state index contributed by atoms with van der Waals surface area (Å²) in [5, 5.41) is 0. The van der Waals surface area contributed by atoms with E-state index in [1.165, 1.54) is 13.8 Å². The third-order valence-corrected chi connectivity index (χ3v) is 12.1. The van der Waals surface area contributed by atoms with E-state index in [2.05, 4.69) is 20.8 Å². The monoisotopic (exact) mass is 554 g/mol. The molecule has 4 aliphatic carbocycles. The zero-order valence-electron chi connectivity index (χ0n) is 24.5. The van der Waals surface area contributed by atoms with Crippen LogP contribution in [-0.4, -0.2) is 54.2 Å². The molecule has 40 heavy (non-hydrogen) atoms. The van der Waals surface area contributed by atoms with E-state index in [-0.39, 0.29) is 53.8 Å². The Kier molecular flexibility index (Phi) is 6.41. The van der Waals surface area contributed by atoms with E-state index in [9.17, 15) is 19.2 Å². The van der Waals surface area contributed by atoms with Crippen molar-refractivity contribution in [1.29, 1.82) is 0 Å². The highest BCUT2D eigenvalue weighted by Crippen LogP contribution is 2.73. The molecule has 0 amide bonds. The average molecular weight is 555 g/mol. The summed E-state index contributed by atoms with van der Waals surface area (Å²) in [4.78, 5) is 49.7. The Morgan fingerprint density at radius 1 is 1.10 bits per heavy atom. The molecule has 11 atom stereocenters. The van der Waals surface area contributed by atoms with Gasteiger partial charge in [0.1, 0.15) is 18.3 Å². The van der Waals surface area contributed by atoms with Gasteiger partial charge in [0.05, 0.1) is 17.1 Å². The number of hydrogen-bond acceptors (Lipinski definition) is 8. The van der Waals surface area contributed by atoms with Gasteiger partial charge in [0.15, 0.2) is 11.9 Å². The maximum Gasteiger partial charge on any atom is 0.337 e. The summed E-state index contributed by atoms with van der Waals surface area (Å²) in [6.07, 6.45) is 8.18. The summed E-state index contributed by atoms with van der Waals surface area (Å²) in [5.41, 5.74) is 0.0214. The minimum Gasteiger partial charge on any atom is -0.461 e. The molecule has 0 radical (unpaired) electrons. The standard InChI is InChI=1S/C32H42O8/c1-16-13-25(39-29(36)21(16)15-37-18(3)33)17(2)22-7-8-23-20-14-28-32(40-28)27(38-19(4)34)10-9-26(35)31(32,6)24(20)11-12-30(22,23)5/h9-10,17,20,22-25,27-28H,7-8,11-15H2,1-6H3/t17-,20-,22+,23-,24-,25+,27?,28+,30+,31-,32+/m0/s1. The molecule has 1 spiro atoms. The summed E-state index contributed by atoms with van der Waals surface area (Å²) in [7, 11) is 0. The second-order valence-corrected chi connectivity index (χ2v) is 13.7. The number of ether oxygens (including phenoxy) is 4. The minimum atomic E-state index is -0.741. The highest BCUT2D eigenvalue weighted by molar-refractivity contribution is 5.98. The largest absolute Gasteiger partial charge is 0.461 e. The van der Waals surface area contributed by atoms with Crippen molar-refractivity contribution in [3.8, 4) is 0 Å². The Bertz CT molecular complexity index is 1220. The number of cyclic esters (lactones) is 1. The molecule has 0 aromatic heterocycles. The average Bonchev–Trinajstić information content (AvgIpc) is 3.51. The molecule has 0 N–H and O–H groups in total. The molecule has 6 aliphatic rings. The van der Waals surface area contributed by atoms with Crippen LogP contribution in [0.5, 0.6) is 0 Å². The predicted octanol–water partition coefficient (Wildman–Crippen LogP) is 4.49. The van der Waals surface area contributed by atoms with E-state index in [4.69, 9.17) is 18.9 Å². The maximum absolute atomic E-state index is 13.6. The van der Waals surface area contributed by atoms with Gasteiger partial charge in [-0.15, -0.1) is 0 Å². The van der Waals surface area contributed by atoms with Crippen molar-refractivity contribution in [1.82, 2.24) is 0 Å². The smallest absolute Gasteiger partial charge is 0.337 e. The molecule has 218 valence electrons. The Morgan fingerprint density at radius 3 is 2.52 bits per heavy atom. The van der Waals surface area contributed by atoms with Crippen LogP contribution in [0.4, 0.5) is 0 Å². The number of rotatable bonds is 5. The molecule has 0 aromatic carbocycles. The van der Waals surface area contributed by atoms with Crippen molar-refractivity contribution in [2.75, 3.05) is 6.61 Å². The number of allylic oxidation sites excluding steroid dienone is 1. The molecule has 2 aliphatic heterocycles. The Morgan fingerprint density at radius 2 is 1.85 bits per heavy atom. The number of fused-ring (bicyclic) bond motifs is 4. The van der Waals surface area contributed by atoms with Crippen molar-refractivity contribution in [3.05, 3.63) is 23.3 Å². The first kappa shape index (κ1) is 27.7. The molecule has 8 nitrogen and oxygen atoms in total. The van der Waals surface area contributed by atoms with Crippen molar-refractivity contribution in [2.24, 2.45) is 40.4 Å². The fourth-order valence-electron chi connectivity index (χ4n) is 10.1. The van der Waals surface area contributed by atoms with Gasteiger partial charge in [-0.3, -0.25) is 14.4 Å². The topological polar surface area (TPSA) is 108 Å². The highest BCUT2D eigenvalue weighted by atomic mass is 16.7. The lowest BCUT2D eigenvalue weighted by Crippen LogP contribution is -2.64. The first-order valence-electron chi connectivity index (χ1n) is 14.9.